The first-order chi connectivity index (χ1) is 7.73. The van der Waals surface area contributed by atoms with Crippen LogP contribution in [0.5, 0.6) is 0 Å². The van der Waals surface area contributed by atoms with Crippen molar-refractivity contribution in [1.29, 1.82) is 0 Å². The monoisotopic (exact) mass is 248 g/mol. The Balaban J connectivity index is 2.69. The molecule has 0 saturated carbocycles. The highest BCUT2D eigenvalue weighted by Gasteiger charge is 2.31. The first-order valence-corrected chi connectivity index (χ1v) is 6.69. The molecule has 0 amide bonds. The summed E-state index contributed by atoms with van der Waals surface area (Å²) in [4.78, 5) is 0.268. The summed E-state index contributed by atoms with van der Waals surface area (Å²) in [7, 11) is 2.36. The third kappa shape index (κ3) is 1.86. The number of hydrogen-bond acceptors (Lipinski definition) is 3. The van der Waals surface area contributed by atoms with E-state index in [0.29, 0.717) is 11.0 Å². The van der Waals surface area contributed by atoms with Gasteiger partial charge in [0.25, 0.3) is 0 Å². The van der Waals surface area contributed by atoms with E-state index in [-0.39, 0.29) is 4.90 Å². The van der Waals surface area contributed by atoms with E-state index >= 15 is 0 Å². The Hall–Kier alpha value is -1.30. The van der Waals surface area contributed by atoms with Crippen LogP contribution in [0.2, 0.25) is 0 Å². The Morgan fingerprint density at radius 1 is 1.35 bits per heavy atom. The summed E-state index contributed by atoms with van der Waals surface area (Å²) >= 11 is 0. The SMILES string of the molecule is [B]c1cnn2ccc(S(=O)(=O)C(C)(C)C)cc12. The van der Waals surface area contributed by atoms with Crippen molar-refractivity contribution in [2.45, 2.75) is 30.4 Å². The van der Waals surface area contributed by atoms with Gasteiger partial charge in [-0.1, -0.05) is 5.46 Å². The average molecular weight is 248 g/mol. The molecule has 2 rings (SSSR count). The van der Waals surface area contributed by atoms with E-state index in [1.165, 1.54) is 6.20 Å². The highest BCUT2D eigenvalue weighted by Crippen LogP contribution is 2.24. The quantitative estimate of drug-likeness (QED) is 0.698. The smallest absolute Gasteiger partial charge is 0.183 e. The lowest BCUT2D eigenvalue weighted by Gasteiger charge is -2.19. The van der Waals surface area contributed by atoms with Gasteiger partial charge in [-0.3, -0.25) is 0 Å². The van der Waals surface area contributed by atoms with Gasteiger partial charge < -0.3 is 0 Å². The Morgan fingerprint density at radius 3 is 2.59 bits per heavy atom. The van der Waals surface area contributed by atoms with E-state index in [2.05, 4.69) is 5.10 Å². The van der Waals surface area contributed by atoms with Crippen LogP contribution < -0.4 is 5.46 Å². The van der Waals surface area contributed by atoms with E-state index in [4.69, 9.17) is 7.85 Å². The highest BCUT2D eigenvalue weighted by molar-refractivity contribution is 7.92. The maximum atomic E-state index is 12.3. The predicted octanol–water partition coefficient (Wildman–Crippen LogP) is 0.700. The van der Waals surface area contributed by atoms with E-state index < -0.39 is 14.6 Å². The average Bonchev–Trinajstić information content (AvgIpc) is 2.58. The first-order valence-electron chi connectivity index (χ1n) is 5.21. The molecule has 4 nitrogen and oxygen atoms in total. The number of fused-ring (bicyclic) bond motifs is 1. The lowest BCUT2D eigenvalue weighted by atomic mass is 9.99. The maximum absolute atomic E-state index is 12.3. The van der Waals surface area contributed by atoms with Crippen LogP contribution in [0.1, 0.15) is 20.8 Å². The minimum Gasteiger partial charge on any atom is -0.242 e. The molecular formula is C11H13BN2O2S. The first kappa shape index (κ1) is 12.2. The molecule has 2 aromatic rings. The normalized spacial score (nSPS) is 13.1. The molecule has 0 bridgehead atoms. The third-order valence-corrected chi connectivity index (χ3v) is 5.13. The van der Waals surface area contributed by atoms with Crippen LogP contribution in [0.25, 0.3) is 5.52 Å². The molecule has 0 spiro atoms. The topological polar surface area (TPSA) is 51.4 Å². The number of nitrogens with zero attached hydrogens (tertiary/aromatic N) is 2. The van der Waals surface area contributed by atoms with Gasteiger partial charge in [0.2, 0.25) is 0 Å². The fraction of sp³-hybridized carbons (Fsp3) is 0.364. The number of hydrogen-bond donors (Lipinski definition) is 0. The Morgan fingerprint density at radius 2 is 2.00 bits per heavy atom. The fourth-order valence-electron chi connectivity index (χ4n) is 1.50. The molecule has 0 unspecified atom stereocenters. The number of rotatable bonds is 1. The largest absolute Gasteiger partial charge is 0.242 e. The summed E-state index contributed by atoms with van der Waals surface area (Å²) < 4.78 is 25.2. The molecule has 88 valence electrons. The molecule has 2 radical (unpaired) electrons. The maximum Gasteiger partial charge on any atom is 0.183 e. The summed E-state index contributed by atoms with van der Waals surface area (Å²) in [5.41, 5.74) is 1.08. The second-order valence-electron chi connectivity index (χ2n) is 4.91. The molecule has 0 fully saturated rings. The van der Waals surface area contributed by atoms with Crippen LogP contribution in [0.3, 0.4) is 0 Å². The summed E-state index contributed by atoms with van der Waals surface area (Å²) in [6.07, 6.45) is 3.10. The standard InChI is InChI=1S/C11H13BN2O2S/c1-11(2,3)17(15,16)8-4-5-14-10(6-8)9(12)7-13-14/h4-7H,1-3H3. The van der Waals surface area contributed by atoms with Crippen molar-refractivity contribution in [3.05, 3.63) is 24.5 Å². The second-order valence-corrected chi connectivity index (χ2v) is 7.61. The minimum absolute atomic E-state index is 0.268. The molecule has 0 saturated heterocycles. The summed E-state index contributed by atoms with van der Waals surface area (Å²) in [6, 6.07) is 3.10. The Kier molecular flexibility index (Phi) is 2.58. The van der Waals surface area contributed by atoms with Gasteiger partial charge in [0.1, 0.15) is 7.85 Å². The van der Waals surface area contributed by atoms with E-state index in [9.17, 15) is 8.42 Å². The molecule has 0 aliphatic carbocycles. The van der Waals surface area contributed by atoms with Crippen LogP contribution in [0.4, 0.5) is 0 Å². The third-order valence-electron chi connectivity index (χ3n) is 2.64. The lowest BCUT2D eigenvalue weighted by molar-refractivity contribution is 0.560. The fourth-order valence-corrected chi connectivity index (χ4v) is 2.71. The minimum atomic E-state index is -3.36. The number of aromatic nitrogens is 2. The zero-order valence-corrected chi connectivity index (χ0v) is 10.8. The van der Waals surface area contributed by atoms with E-state index in [1.807, 2.05) is 0 Å². The van der Waals surface area contributed by atoms with Crippen molar-refractivity contribution in [3.8, 4) is 0 Å². The van der Waals surface area contributed by atoms with Crippen molar-refractivity contribution in [3.63, 3.8) is 0 Å². The molecule has 0 aliphatic rings. The zero-order valence-electron chi connectivity index (χ0n) is 10.0. The van der Waals surface area contributed by atoms with Gasteiger partial charge in [-0.25, -0.2) is 12.9 Å². The van der Waals surface area contributed by atoms with Crippen molar-refractivity contribution in [2.24, 2.45) is 0 Å². The number of sulfone groups is 1. The van der Waals surface area contributed by atoms with Crippen LogP contribution >= 0.6 is 0 Å². The Bertz CT molecular complexity index is 668. The van der Waals surface area contributed by atoms with Crippen molar-refractivity contribution < 1.29 is 8.42 Å². The zero-order chi connectivity index (χ0) is 12.8. The van der Waals surface area contributed by atoms with Crippen LogP contribution in [-0.2, 0) is 9.84 Å². The predicted molar refractivity (Wildman–Crippen MR) is 67.5 cm³/mol. The van der Waals surface area contributed by atoms with E-state index in [1.54, 1.807) is 43.6 Å². The Labute approximate surface area is 102 Å². The van der Waals surface area contributed by atoms with Gasteiger partial charge in [-0.15, -0.1) is 0 Å². The molecule has 17 heavy (non-hydrogen) atoms. The molecule has 2 heterocycles. The van der Waals surface area contributed by atoms with Crippen LogP contribution in [-0.4, -0.2) is 30.6 Å². The molecule has 0 aromatic carbocycles. The molecule has 0 aliphatic heterocycles. The van der Waals surface area contributed by atoms with Gasteiger partial charge >= 0.3 is 0 Å². The number of pyridine rings is 1. The molecule has 6 heteroatoms. The highest BCUT2D eigenvalue weighted by atomic mass is 32.2. The van der Waals surface area contributed by atoms with Gasteiger partial charge in [0, 0.05) is 12.4 Å². The second kappa shape index (κ2) is 3.60. The van der Waals surface area contributed by atoms with Gasteiger partial charge in [-0.05, 0) is 32.9 Å². The molecular weight excluding hydrogens is 235 g/mol. The van der Waals surface area contributed by atoms with Gasteiger partial charge in [0.05, 0.1) is 15.2 Å². The van der Waals surface area contributed by atoms with Crippen LogP contribution in [0.15, 0.2) is 29.4 Å². The summed E-state index contributed by atoms with van der Waals surface area (Å²) in [6.45, 7) is 5.02. The van der Waals surface area contributed by atoms with Gasteiger partial charge in [0.15, 0.2) is 9.84 Å². The molecule has 0 N–H and O–H groups in total. The van der Waals surface area contributed by atoms with Crippen molar-refractivity contribution in [1.82, 2.24) is 9.61 Å². The van der Waals surface area contributed by atoms with E-state index in [0.717, 1.165) is 0 Å². The van der Waals surface area contributed by atoms with Crippen LogP contribution in [0, 0.1) is 0 Å². The summed E-state index contributed by atoms with van der Waals surface area (Å²) in [5, 5.41) is 4.00. The van der Waals surface area contributed by atoms with Gasteiger partial charge in [-0.2, -0.15) is 5.10 Å². The summed E-state index contributed by atoms with van der Waals surface area (Å²) in [5.74, 6) is 0. The molecule has 2 aromatic heterocycles. The molecule has 0 atom stereocenters. The lowest BCUT2D eigenvalue weighted by Crippen LogP contribution is -2.28. The van der Waals surface area contributed by atoms with Crippen molar-refractivity contribution in [2.75, 3.05) is 0 Å². The van der Waals surface area contributed by atoms with Crippen molar-refractivity contribution >= 4 is 28.7 Å².